The predicted molar refractivity (Wildman–Crippen MR) is 77.1 cm³/mol. The summed E-state index contributed by atoms with van der Waals surface area (Å²) in [6.45, 7) is 2.48. The molecule has 122 valence electrons. The molecule has 0 bridgehead atoms. The van der Waals surface area contributed by atoms with Gasteiger partial charge in [0.2, 0.25) is 5.95 Å². The Morgan fingerprint density at radius 3 is 2.48 bits per heavy atom. The topological polar surface area (TPSA) is 69.5 Å². The average Bonchev–Trinajstić information content (AvgIpc) is 2.43. The number of aromatic nitrogens is 2. The highest BCUT2D eigenvalue weighted by molar-refractivity contribution is 5.72. The van der Waals surface area contributed by atoms with Crippen LogP contribution in [-0.4, -0.2) is 39.4 Å². The van der Waals surface area contributed by atoms with Crippen LogP contribution in [0.4, 0.5) is 19.1 Å². The van der Waals surface area contributed by atoms with Crippen molar-refractivity contribution in [2.24, 2.45) is 0 Å². The predicted octanol–water partition coefficient (Wildman–Crippen LogP) is 2.36. The molecule has 0 amide bonds. The maximum Gasteiger partial charge on any atom is 0.416 e. The molecule has 23 heavy (non-hydrogen) atoms. The summed E-state index contributed by atoms with van der Waals surface area (Å²) in [6, 6.07) is 2.72. The molecule has 0 aliphatic carbocycles. The van der Waals surface area contributed by atoms with Gasteiger partial charge in [-0.15, -0.1) is 0 Å². The van der Waals surface area contributed by atoms with E-state index in [1.165, 1.54) is 6.20 Å². The van der Waals surface area contributed by atoms with Crippen molar-refractivity contribution in [3.05, 3.63) is 35.7 Å². The van der Waals surface area contributed by atoms with Gasteiger partial charge in [-0.2, -0.15) is 13.2 Å². The third kappa shape index (κ3) is 2.94. The van der Waals surface area contributed by atoms with Gasteiger partial charge in [0.05, 0.1) is 17.4 Å². The van der Waals surface area contributed by atoms with Crippen molar-refractivity contribution in [1.29, 1.82) is 0 Å². The number of nitrogens with zero attached hydrogens (tertiary/aromatic N) is 3. The number of phenolic OH excluding ortho intramolecular Hbond substituents is 1. The van der Waals surface area contributed by atoms with Crippen molar-refractivity contribution in [2.75, 3.05) is 18.0 Å². The van der Waals surface area contributed by atoms with Gasteiger partial charge in [0.15, 0.2) is 0 Å². The number of anilines is 1. The molecule has 0 spiro atoms. The highest BCUT2D eigenvalue weighted by Crippen LogP contribution is 2.37. The number of β-amino-alcohol motifs (C(OH)–C–C–N with tert-alkyl or cyclic N) is 1. The number of phenols is 1. The molecule has 0 saturated carbocycles. The lowest BCUT2D eigenvalue weighted by atomic mass is 10.0. The lowest BCUT2D eigenvalue weighted by Crippen LogP contribution is -2.51. The quantitative estimate of drug-likeness (QED) is 0.887. The molecule has 1 aliphatic heterocycles. The molecule has 2 heterocycles. The summed E-state index contributed by atoms with van der Waals surface area (Å²) < 4.78 is 38.5. The van der Waals surface area contributed by atoms with Crippen molar-refractivity contribution in [3.63, 3.8) is 0 Å². The second kappa shape index (κ2) is 5.38. The molecule has 2 N–H and O–H groups in total. The van der Waals surface area contributed by atoms with Crippen molar-refractivity contribution >= 4 is 5.95 Å². The lowest BCUT2D eigenvalue weighted by Gasteiger charge is -2.35. The molecule has 0 unspecified atom stereocenters. The Kier molecular flexibility index (Phi) is 3.63. The number of hydrogen-bond acceptors (Lipinski definition) is 5. The first kappa shape index (κ1) is 15.5. The average molecular weight is 325 g/mol. The summed E-state index contributed by atoms with van der Waals surface area (Å²) in [5, 5.41) is 19.2. The Bertz CT molecular complexity index is 743. The molecule has 1 saturated heterocycles. The number of aryl methyl sites for hydroxylation is 1. The first-order chi connectivity index (χ1) is 10.8. The van der Waals surface area contributed by atoms with Gasteiger partial charge in [-0.05, 0) is 25.1 Å². The second-order valence-corrected chi connectivity index (χ2v) is 5.46. The fourth-order valence-electron chi connectivity index (χ4n) is 2.42. The van der Waals surface area contributed by atoms with Gasteiger partial charge in [-0.1, -0.05) is 0 Å². The minimum Gasteiger partial charge on any atom is -0.507 e. The standard InChI is InChI=1S/C15H14F3N3O2/c1-8-12(5-19-14(20-8)21-6-10(22)7-21)11-4-9(15(16,17)18)2-3-13(11)23/h2-5,10,22-23H,6-7H2,1H3. The van der Waals surface area contributed by atoms with E-state index in [1.54, 1.807) is 11.8 Å². The SMILES string of the molecule is Cc1nc(N2CC(O)C2)ncc1-c1cc(C(F)(F)F)ccc1O. The fourth-order valence-corrected chi connectivity index (χ4v) is 2.42. The number of aliphatic hydroxyl groups excluding tert-OH is 1. The third-order valence-electron chi connectivity index (χ3n) is 3.73. The molecule has 1 aromatic carbocycles. The van der Waals surface area contributed by atoms with Crippen molar-refractivity contribution in [3.8, 4) is 16.9 Å². The molecule has 3 rings (SSSR count). The van der Waals surface area contributed by atoms with Crippen molar-refractivity contribution in [2.45, 2.75) is 19.2 Å². The van der Waals surface area contributed by atoms with E-state index in [2.05, 4.69) is 9.97 Å². The molecule has 2 aromatic rings. The minimum absolute atomic E-state index is 0.0347. The number of aliphatic hydroxyl groups is 1. The van der Waals surface area contributed by atoms with Gasteiger partial charge in [0, 0.05) is 30.4 Å². The van der Waals surface area contributed by atoms with E-state index in [0.29, 0.717) is 30.3 Å². The summed E-state index contributed by atoms with van der Waals surface area (Å²) in [4.78, 5) is 10.1. The molecular formula is C15H14F3N3O2. The Labute approximate surface area is 130 Å². The Hall–Kier alpha value is -2.35. The normalized spacial score (nSPS) is 15.6. The first-order valence-electron chi connectivity index (χ1n) is 6.93. The van der Waals surface area contributed by atoms with Crippen LogP contribution in [0.5, 0.6) is 5.75 Å². The van der Waals surface area contributed by atoms with Crippen LogP contribution >= 0.6 is 0 Å². The van der Waals surface area contributed by atoms with Crippen LogP contribution in [-0.2, 0) is 6.18 Å². The fraction of sp³-hybridized carbons (Fsp3) is 0.333. The van der Waals surface area contributed by atoms with E-state index in [4.69, 9.17) is 0 Å². The summed E-state index contributed by atoms with van der Waals surface area (Å²) in [5.74, 6) is 0.139. The van der Waals surface area contributed by atoms with Gasteiger partial charge in [0.25, 0.3) is 0 Å². The molecule has 1 aromatic heterocycles. The minimum atomic E-state index is -4.50. The summed E-state index contributed by atoms with van der Waals surface area (Å²) >= 11 is 0. The molecule has 5 nitrogen and oxygen atoms in total. The van der Waals surface area contributed by atoms with Gasteiger partial charge < -0.3 is 15.1 Å². The third-order valence-corrected chi connectivity index (χ3v) is 3.73. The number of hydrogen-bond donors (Lipinski definition) is 2. The largest absolute Gasteiger partial charge is 0.507 e. The summed E-state index contributed by atoms with van der Waals surface area (Å²) in [7, 11) is 0. The lowest BCUT2D eigenvalue weighted by molar-refractivity contribution is -0.137. The highest BCUT2D eigenvalue weighted by atomic mass is 19.4. The van der Waals surface area contributed by atoms with E-state index in [-0.39, 0.29) is 11.3 Å². The van der Waals surface area contributed by atoms with E-state index < -0.39 is 17.8 Å². The van der Waals surface area contributed by atoms with E-state index in [0.717, 1.165) is 18.2 Å². The highest BCUT2D eigenvalue weighted by Gasteiger charge is 2.31. The first-order valence-corrected chi connectivity index (χ1v) is 6.93. The molecule has 1 aliphatic rings. The van der Waals surface area contributed by atoms with E-state index >= 15 is 0 Å². The van der Waals surface area contributed by atoms with Crippen LogP contribution in [0.1, 0.15) is 11.3 Å². The second-order valence-electron chi connectivity index (χ2n) is 5.46. The molecule has 8 heteroatoms. The number of halogens is 3. The van der Waals surface area contributed by atoms with Crippen LogP contribution in [0.3, 0.4) is 0 Å². The Morgan fingerprint density at radius 1 is 1.22 bits per heavy atom. The van der Waals surface area contributed by atoms with Gasteiger partial charge in [-0.25, -0.2) is 9.97 Å². The molecule has 1 fully saturated rings. The smallest absolute Gasteiger partial charge is 0.416 e. The van der Waals surface area contributed by atoms with Crippen LogP contribution in [0.25, 0.3) is 11.1 Å². The van der Waals surface area contributed by atoms with E-state index in [9.17, 15) is 23.4 Å². The molecule has 0 atom stereocenters. The van der Waals surface area contributed by atoms with Crippen LogP contribution in [0.2, 0.25) is 0 Å². The number of alkyl halides is 3. The monoisotopic (exact) mass is 325 g/mol. The number of benzene rings is 1. The van der Waals surface area contributed by atoms with Gasteiger partial charge in [-0.3, -0.25) is 0 Å². The van der Waals surface area contributed by atoms with E-state index in [1.807, 2.05) is 0 Å². The Morgan fingerprint density at radius 2 is 1.91 bits per heavy atom. The zero-order chi connectivity index (χ0) is 16.8. The molecule has 0 radical (unpaired) electrons. The van der Waals surface area contributed by atoms with Gasteiger partial charge >= 0.3 is 6.18 Å². The number of rotatable bonds is 2. The van der Waals surface area contributed by atoms with Crippen molar-refractivity contribution < 1.29 is 23.4 Å². The summed E-state index contributed by atoms with van der Waals surface area (Å²) in [6.07, 6.45) is -3.52. The van der Waals surface area contributed by atoms with Crippen LogP contribution in [0.15, 0.2) is 24.4 Å². The zero-order valence-corrected chi connectivity index (χ0v) is 12.2. The molecular weight excluding hydrogens is 311 g/mol. The number of aromatic hydroxyl groups is 1. The summed E-state index contributed by atoms with van der Waals surface area (Å²) in [5.41, 5.74) is -0.0309. The van der Waals surface area contributed by atoms with Crippen LogP contribution < -0.4 is 4.90 Å². The Balaban J connectivity index is 1.98. The van der Waals surface area contributed by atoms with Crippen LogP contribution in [0, 0.1) is 6.92 Å². The van der Waals surface area contributed by atoms with Crippen molar-refractivity contribution in [1.82, 2.24) is 9.97 Å². The maximum atomic E-state index is 12.8. The van der Waals surface area contributed by atoms with Gasteiger partial charge in [0.1, 0.15) is 5.75 Å². The zero-order valence-electron chi connectivity index (χ0n) is 12.2. The maximum absolute atomic E-state index is 12.8.